The van der Waals surface area contributed by atoms with Crippen molar-refractivity contribution in [3.63, 3.8) is 0 Å². The van der Waals surface area contributed by atoms with Gasteiger partial charge in [0.25, 0.3) is 0 Å². The highest BCUT2D eigenvalue weighted by Gasteiger charge is 2.23. The van der Waals surface area contributed by atoms with Gasteiger partial charge in [0.1, 0.15) is 5.82 Å². The number of nitrogens with zero attached hydrogens (tertiary/aromatic N) is 3. The summed E-state index contributed by atoms with van der Waals surface area (Å²) in [6, 6.07) is 13.6. The zero-order chi connectivity index (χ0) is 16.8. The summed E-state index contributed by atoms with van der Waals surface area (Å²) in [7, 11) is 0. The SMILES string of the molecule is Cc1nc(C)n2c1CN=C(c1ccccc1Cl)c1cc(Cl)ccc1-2. The van der Waals surface area contributed by atoms with Crippen LogP contribution in [0.1, 0.15) is 28.3 Å². The Morgan fingerprint density at radius 2 is 1.79 bits per heavy atom. The van der Waals surface area contributed by atoms with Crippen LogP contribution in [0.4, 0.5) is 0 Å². The highest BCUT2D eigenvalue weighted by Crippen LogP contribution is 2.31. The molecule has 0 saturated carbocycles. The first-order valence-corrected chi connectivity index (χ1v) is 8.46. The quantitative estimate of drug-likeness (QED) is 0.593. The second-order valence-corrected chi connectivity index (χ2v) is 6.68. The molecule has 0 bridgehead atoms. The molecule has 2 aromatic carbocycles. The van der Waals surface area contributed by atoms with Gasteiger partial charge in [0.2, 0.25) is 0 Å². The molecule has 5 heteroatoms. The zero-order valence-electron chi connectivity index (χ0n) is 13.3. The number of benzene rings is 2. The lowest BCUT2D eigenvalue weighted by Gasteiger charge is -2.14. The van der Waals surface area contributed by atoms with Gasteiger partial charge in [-0.1, -0.05) is 41.4 Å². The van der Waals surface area contributed by atoms with E-state index >= 15 is 0 Å². The first kappa shape index (κ1) is 15.4. The van der Waals surface area contributed by atoms with Crippen LogP contribution in [-0.2, 0) is 6.54 Å². The minimum Gasteiger partial charge on any atom is -0.298 e. The molecule has 4 rings (SSSR count). The maximum absolute atomic E-state index is 6.43. The molecular weight excluding hydrogens is 341 g/mol. The molecule has 0 N–H and O–H groups in total. The molecule has 120 valence electrons. The first-order chi connectivity index (χ1) is 11.6. The summed E-state index contributed by atoms with van der Waals surface area (Å²) in [4.78, 5) is 9.47. The number of rotatable bonds is 1. The van der Waals surface area contributed by atoms with Gasteiger partial charge in [-0.3, -0.25) is 9.56 Å². The van der Waals surface area contributed by atoms with E-state index in [2.05, 4.69) is 9.55 Å². The van der Waals surface area contributed by atoms with E-state index in [-0.39, 0.29) is 0 Å². The summed E-state index contributed by atoms with van der Waals surface area (Å²) in [5.74, 6) is 0.946. The van der Waals surface area contributed by atoms with Gasteiger partial charge in [-0.2, -0.15) is 0 Å². The number of aliphatic imine (C=N–C) groups is 1. The molecule has 3 aromatic rings. The Morgan fingerprint density at radius 3 is 2.58 bits per heavy atom. The van der Waals surface area contributed by atoms with Crippen LogP contribution < -0.4 is 0 Å². The summed E-state index contributed by atoms with van der Waals surface area (Å²) < 4.78 is 2.16. The number of fused-ring (bicyclic) bond motifs is 3. The van der Waals surface area contributed by atoms with Crippen molar-refractivity contribution in [2.75, 3.05) is 0 Å². The third kappa shape index (κ3) is 2.36. The Bertz CT molecular complexity index is 986. The van der Waals surface area contributed by atoms with E-state index < -0.39 is 0 Å². The van der Waals surface area contributed by atoms with Gasteiger partial charge < -0.3 is 0 Å². The van der Waals surface area contributed by atoms with Crippen LogP contribution in [0.15, 0.2) is 47.5 Å². The minimum absolute atomic E-state index is 0.555. The van der Waals surface area contributed by atoms with Crippen molar-refractivity contribution >= 4 is 28.9 Å². The van der Waals surface area contributed by atoms with E-state index in [0.717, 1.165) is 39.7 Å². The van der Waals surface area contributed by atoms with Crippen LogP contribution in [-0.4, -0.2) is 15.3 Å². The Balaban J connectivity index is 2.05. The van der Waals surface area contributed by atoms with Crippen molar-refractivity contribution in [2.45, 2.75) is 20.4 Å². The van der Waals surface area contributed by atoms with E-state index in [0.29, 0.717) is 16.6 Å². The lowest BCUT2D eigenvalue weighted by atomic mass is 10.0. The van der Waals surface area contributed by atoms with Crippen LogP contribution >= 0.6 is 23.2 Å². The lowest BCUT2D eigenvalue weighted by Crippen LogP contribution is -2.08. The number of aryl methyl sites for hydroxylation is 2. The molecule has 0 unspecified atom stereocenters. The topological polar surface area (TPSA) is 30.2 Å². The molecule has 0 fully saturated rings. The highest BCUT2D eigenvalue weighted by atomic mass is 35.5. The van der Waals surface area contributed by atoms with Crippen LogP contribution in [0.25, 0.3) is 5.69 Å². The molecule has 1 aliphatic rings. The van der Waals surface area contributed by atoms with E-state index in [1.54, 1.807) is 0 Å². The fourth-order valence-corrected chi connectivity index (χ4v) is 3.63. The maximum atomic E-state index is 6.43. The molecule has 0 aliphatic carbocycles. The fourth-order valence-electron chi connectivity index (χ4n) is 3.23. The summed E-state index contributed by atoms with van der Waals surface area (Å²) in [6.07, 6.45) is 0. The molecule has 0 amide bonds. The molecule has 0 saturated heterocycles. The average Bonchev–Trinajstić information content (AvgIpc) is 2.74. The Morgan fingerprint density at radius 1 is 1.00 bits per heavy atom. The van der Waals surface area contributed by atoms with Crippen LogP contribution in [0.3, 0.4) is 0 Å². The normalized spacial score (nSPS) is 13.1. The van der Waals surface area contributed by atoms with Crippen molar-refractivity contribution < 1.29 is 0 Å². The van der Waals surface area contributed by atoms with Crippen molar-refractivity contribution in [3.8, 4) is 5.69 Å². The van der Waals surface area contributed by atoms with Crippen LogP contribution in [0.5, 0.6) is 0 Å². The molecule has 2 heterocycles. The number of hydrogen-bond donors (Lipinski definition) is 0. The van der Waals surface area contributed by atoms with Crippen molar-refractivity contribution in [1.82, 2.24) is 9.55 Å². The molecule has 0 atom stereocenters. The molecule has 24 heavy (non-hydrogen) atoms. The maximum Gasteiger partial charge on any atom is 0.110 e. The largest absolute Gasteiger partial charge is 0.298 e. The Hall–Kier alpha value is -2.10. The Kier molecular flexibility index (Phi) is 3.70. The van der Waals surface area contributed by atoms with Crippen LogP contribution in [0.2, 0.25) is 10.0 Å². The Labute approximate surface area is 150 Å². The van der Waals surface area contributed by atoms with Gasteiger partial charge in [-0.05, 0) is 38.1 Å². The predicted octanol–water partition coefficient (Wildman–Crippen LogP) is 5.15. The lowest BCUT2D eigenvalue weighted by molar-refractivity contribution is 0.886. The van der Waals surface area contributed by atoms with Gasteiger partial charge in [-0.15, -0.1) is 0 Å². The second kappa shape index (κ2) is 5.76. The number of aromatic nitrogens is 2. The predicted molar refractivity (Wildman–Crippen MR) is 98.8 cm³/mol. The molecule has 0 spiro atoms. The van der Waals surface area contributed by atoms with Crippen molar-refractivity contribution in [1.29, 1.82) is 0 Å². The average molecular weight is 356 g/mol. The van der Waals surface area contributed by atoms with Gasteiger partial charge in [0.15, 0.2) is 0 Å². The molecule has 3 nitrogen and oxygen atoms in total. The molecule has 1 aromatic heterocycles. The first-order valence-electron chi connectivity index (χ1n) is 7.70. The number of imidazole rings is 1. The van der Waals surface area contributed by atoms with Gasteiger partial charge in [-0.25, -0.2) is 4.98 Å². The fraction of sp³-hybridized carbons (Fsp3) is 0.158. The smallest absolute Gasteiger partial charge is 0.110 e. The molecule has 1 aliphatic heterocycles. The molecular formula is C19H15Cl2N3. The summed E-state index contributed by atoms with van der Waals surface area (Å²) in [5.41, 5.74) is 5.87. The summed E-state index contributed by atoms with van der Waals surface area (Å²) in [6.45, 7) is 4.58. The minimum atomic E-state index is 0.555. The van der Waals surface area contributed by atoms with E-state index in [9.17, 15) is 0 Å². The monoisotopic (exact) mass is 355 g/mol. The molecule has 0 radical (unpaired) electrons. The van der Waals surface area contributed by atoms with Crippen molar-refractivity contribution in [2.24, 2.45) is 4.99 Å². The summed E-state index contributed by atoms with van der Waals surface area (Å²) >= 11 is 12.7. The van der Waals surface area contributed by atoms with E-state index in [4.69, 9.17) is 28.2 Å². The van der Waals surface area contributed by atoms with Crippen molar-refractivity contribution in [3.05, 3.63) is 80.8 Å². The standard InChI is InChI=1S/C19H15Cl2N3/c1-11-18-10-22-19(14-5-3-4-6-16(14)21)15-9-13(20)7-8-17(15)24(18)12(2)23-11/h3-9H,10H2,1-2H3. The summed E-state index contributed by atoms with van der Waals surface area (Å²) in [5, 5.41) is 1.35. The van der Waals surface area contributed by atoms with Gasteiger partial charge in [0, 0.05) is 21.2 Å². The number of hydrogen-bond acceptors (Lipinski definition) is 2. The van der Waals surface area contributed by atoms with Gasteiger partial charge >= 0.3 is 0 Å². The van der Waals surface area contributed by atoms with Crippen LogP contribution in [0, 0.1) is 13.8 Å². The van der Waals surface area contributed by atoms with E-state index in [1.807, 2.05) is 56.3 Å². The van der Waals surface area contributed by atoms with E-state index in [1.165, 1.54) is 0 Å². The highest BCUT2D eigenvalue weighted by molar-refractivity contribution is 6.36. The number of halogens is 2. The third-order valence-corrected chi connectivity index (χ3v) is 4.88. The van der Waals surface area contributed by atoms with Gasteiger partial charge in [0.05, 0.1) is 29.3 Å². The second-order valence-electron chi connectivity index (χ2n) is 5.83. The zero-order valence-corrected chi connectivity index (χ0v) is 14.9. The third-order valence-electron chi connectivity index (χ3n) is 4.31.